The Morgan fingerprint density at radius 3 is 1.44 bits per heavy atom. The van der Waals surface area contributed by atoms with Crippen LogP contribution in [0.5, 0.6) is 23.0 Å². The summed E-state index contributed by atoms with van der Waals surface area (Å²) < 4.78 is 60.5. The molecule has 20 heteroatoms. The molecular weight excluding hydrogens is 745 g/mol. The van der Waals surface area contributed by atoms with Crippen LogP contribution in [0.4, 0.5) is 0 Å². The fourth-order valence-electron chi connectivity index (χ4n) is 4.80. The van der Waals surface area contributed by atoms with Crippen LogP contribution in [0, 0.1) is 0 Å². The van der Waals surface area contributed by atoms with E-state index in [0.29, 0.717) is 17.2 Å². The molecule has 1 aliphatic heterocycles. The number of para-hydroxylation sites is 4. The van der Waals surface area contributed by atoms with E-state index in [1.807, 2.05) is 36.4 Å². The number of nitrogens with one attached hydrogen (secondary N) is 2. The van der Waals surface area contributed by atoms with E-state index in [1.165, 1.54) is 51.9 Å². The molecule has 2 atom stereocenters. The van der Waals surface area contributed by atoms with Crippen LogP contribution in [-0.2, 0) is 27.1 Å². The molecule has 0 amide bonds. The predicted octanol–water partition coefficient (Wildman–Crippen LogP) is 9.03. The summed E-state index contributed by atoms with van der Waals surface area (Å²) in [5, 5.41) is 0. The van der Waals surface area contributed by atoms with Crippen LogP contribution in [0.2, 0.25) is 0 Å². The Bertz CT molecular complexity index is 1710. The molecule has 2 N–H and O–H groups in total. The second-order valence-corrected chi connectivity index (χ2v) is 22.0. The number of hydrogen-bond donors (Lipinski definition) is 2. The number of rotatable bonds is 14. The van der Waals surface area contributed by atoms with Crippen LogP contribution < -0.4 is 28.4 Å². The molecule has 0 aromatic heterocycles. The summed E-state index contributed by atoms with van der Waals surface area (Å²) >= 11 is 0. The number of nitrogens with zero attached hydrogens (tertiary/aromatic N) is 3. The van der Waals surface area contributed by atoms with E-state index in [9.17, 15) is 0 Å². The molecule has 0 saturated carbocycles. The van der Waals surface area contributed by atoms with Gasteiger partial charge in [-0.25, -0.2) is 0 Å². The Hall–Kier alpha value is -2.37. The molecule has 0 saturated heterocycles. The summed E-state index contributed by atoms with van der Waals surface area (Å²) in [5.74, 6) is 1.23. The zero-order valence-corrected chi connectivity index (χ0v) is 33.0. The molecule has 1 aliphatic rings. The maximum atomic E-state index is 7.15. The molecule has 0 radical (unpaired) electrons. The fourth-order valence-corrected chi connectivity index (χ4v) is 21.0. The van der Waals surface area contributed by atoms with Crippen molar-refractivity contribution in [3.8, 4) is 23.0 Å². The topological polar surface area (TPSA) is 135 Å². The summed E-state index contributed by atoms with van der Waals surface area (Å²) in [6, 6.07) is 35.6. The molecule has 15 nitrogen and oxygen atoms in total. The molecule has 2 unspecified atom stereocenters. The molecule has 1 heterocycles. The quantitative estimate of drug-likeness (QED) is 0.118. The zero-order chi connectivity index (χ0) is 35.6. The van der Waals surface area contributed by atoms with E-state index in [1.54, 1.807) is 84.9 Å². The average Bonchev–Trinajstić information content (AvgIpc) is 3.18. The molecule has 4 aromatic rings. The van der Waals surface area contributed by atoms with E-state index in [0.717, 1.165) is 0 Å². The van der Waals surface area contributed by atoms with Gasteiger partial charge < -0.3 is 0 Å². The van der Waals surface area contributed by atoms with Crippen molar-refractivity contribution in [1.82, 2.24) is 18.9 Å². The van der Waals surface area contributed by atoms with E-state index in [2.05, 4.69) is 9.72 Å². The van der Waals surface area contributed by atoms with Crippen molar-refractivity contribution in [2.45, 2.75) is 0 Å². The van der Waals surface area contributed by atoms with Crippen LogP contribution in [-0.4, -0.2) is 51.9 Å². The van der Waals surface area contributed by atoms with Crippen LogP contribution >= 0.6 is 40.6 Å². The Kier molecular flexibility index (Phi) is 12.8. The maximum absolute atomic E-state index is 7.15. The van der Waals surface area contributed by atoms with Gasteiger partial charge in [0.1, 0.15) is 0 Å². The summed E-state index contributed by atoms with van der Waals surface area (Å²) in [6.45, 7) is 0. The third-order valence-corrected chi connectivity index (χ3v) is 22.0. The van der Waals surface area contributed by atoms with E-state index in [4.69, 9.17) is 50.4 Å². The first-order valence-corrected chi connectivity index (χ1v) is 22.2. The van der Waals surface area contributed by atoms with Crippen LogP contribution in [0.15, 0.2) is 126 Å². The summed E-state index contributed by atoms with van der Waals surface area (Å²) in [7, 11) is -7.14. The molecule has 0 fully saturated rings. The second kappa shape index (κ2) is 16.5. The fraction of sp³-hybridized carbons (Fsp3) is 0.200. The molecule has 0 aliphatic carbocycles. The first-order chi connectivity index (χ1) is 24.3. The SMILES string of the molecule is COP1(OC)=NPNPNP(OC)(OC)(Oc2ccccc2)N(Oc2ccccc2)P(OC)(OC)(Oc2ccccc2)N1Oc1ccccc1. The van der Waals surface area contributed by atoms with Gasteiger partial charge in [0.2, 0.25) is 0 Å². The molecule has 0 spiro atoms. The van der Waals surface area contributed by atoms with Gasteiger partial charge in [0.15, 0.2) is 0 Å². The monoisotopic (exact) mass is 787 g/mol. The summed E-state index contributed by atoms with van der Waals surface area (Å²) in [4.78, 5) is 20.4. The Morgan fingerprint density at radius 1 is 0.560 bits per heavy atom. The molecule has 0 bridgehead atoms. The Balaban J connectivity index is 2.01. The number of benzene rings is 4. The normalized spacial score (nSPS) is 22.4. The van der Waals surface area contributed by atoms with E-state index < -0.39 is 22.8 Å². The first-order valence-electron chi connectivity index (χ1n) is 14.9. The van der Waals surface area contributed by atoms with Gasteiger partial charge >= 0.3 is 297 Å². The Morgan fingerprint density at radius 2 is 1.00 bits per heavy atom. The Labute approximate surface area is 296 Å². The zero-order valence-electron chi connectivity index (χ0n) is 28.3. The first kappa shape index (κ1) is 38.9. The standard InChI is InChI=1S/C30H42N5O10P5/c1-36-48(37-2)32-46-31-47-33-49(38-3,39-4,44-29-23-15-9-16-24-29)35(43-28-21-13-8-14-22-28)50(40-5,41-6,45-30-25-17-10-18-26-30)34(48)42-27-19-11-7-12-20-27/h7-26,31,33,46-47H,1-6H3. The van der Waals surface area contributed by atoms with Crippen LogP contribution in [0.1, 0.15) is 0 Å². The van der Waals surface area contributed by atoms with E-state index >= 15 is 0 Å². The summed E-state index contributed by atoms with van der Waals surface area (Å²) in [5.41, 5.74) is 0. The van der Waals surface area contributed by atoms with Gasteiger partial charge in [-0.1, -0.05) is 0 Å². The van der Waals surface area contributed by atoms with Gasteiger partial charge in [0, 0.05) is 0 Å². The van der Waals surface area contributed by atoms with Crippen molar-refractivity contribution in [3.05, 3.63) is 121 Å². The number of hydrogen-bond acceptors (Lipinski definition) is 15. The van der Waals surface area contributed by atoms with Gasteiger partial charge in [-0.15, -0.1) is 0 Å². The molecule has 4 aromatic carbocycles. The van der Waals surface area contributed by atoms with Crippen molar-refractivity contribution in [2.24, 2.45) is 4.52 Å². The predicted molar refractivity (Wildman–Crippen MR) is 200 cm³/mol. The molecule has 272 valence electrons. The van der Waals surface area contributed by atoms with Crippen molar-refractivity contribution < 1.29 is 45.9 Å². The van der Waals surface area contributed by atoms with Crippen LogP contribution in [0.25, 0.3) is 0 Å². The van der Waals surface area contributed by atoms with Gasteiger partial charge in [-0.3, -0.25) is 0 Å². The summed E-state index contributed by atoms with van der Waals surface area (Å²) in [6.07, 6.45) is 0. The van der Waals surface area contributed by atoms with Gasteiger partial charge in [0.25, 0.3) is 0 Å². The molecular formula is C30H42N5O10P5. The second-order valence-electron chi connectivity index (χ2n) is 9.93. The van der Waals surface area contributed by atoms with E-state index in [-0.39, 0.29) is 23.5 Å². The van der Waals surface area contributed by atoms with Crippen molar-refractivity contribution in [2.75, 3.05) is 42.7 Å². The third-order valence-electron chi connectivity index (χ3n) is 7.24. The molecule has 50 heavy (non-hydrogen) atoms. The van der Waals surface area contributed by atoms with Gasteiger partial charge in [-0.05, 0) is 0 Å². The average molecular weight is 788 g/mol. The molecule has 5 rings (SSSR count). The van der Waals surface area contributed by atoms with Crippen molar-refractivity contribution >= 4 is 40.6 Å². The van der Waals surface area contributed by atoms with Crippen LogP contribution in [0.3, 0.4) is 0 Å². The van der Waals surface area contributed by atoms with Crippen molar-refractivity contribution in [1.29, 1.82) is 0 Å². The third kappa shape index (κ3) is 7.16. The van der Waals surface area contributed by atoms with Gasteiger partial charge in [0.05, 0.1) is 0 Å². The minimum atomic E-state index is -5.78. The minimum absolute atomic E-state index is 0.270. The van der Waals surface area contributed by atoms with Gasteiger partial charge in [-0.2, -0.15) is 0 Å². The van der Waals surface area contributed by atoms with Crippen molar-refractivity contribution in [3.63, 3.8) is 0 Å².